The quantitative estimate of drug-likeness (QED) is 0.0337. The van der Waals surface area contributed by atoms with Gasteiger partial charge in [-0.05, 0) is 12.8 Å². The highest BCUT2D eigenvalue weighted by Crippen LogP contribution is 2.23. The van der Waals surface area contributed by atoms with Crippen molar-refractivity contribution >= 4 is 5.91 Å². The van der Waals surface area contributed by atoms with E-state index >= 15 is 0 Å². The largest absolute Gasteiger partial charge is 0.394 e. The molecule has 1 fully saturated rings. The van der Waals surface area contributed by atoms with Crippen LogP contribution in [0.3, 0.4) is 0 Å². The Hall–Kier alpha value is -0.810. The van der Waals surface area contributed by atoms with Gasteiger partial charge in [-0.25, -0.2) is 0 Å². The molecule has 1 aliphatic rings. The van der Waals surface area contributed by atoms with E-state index in [2.05, 4.69) is 19.2 Å². The minimum absolute atomic E-state index is 0.132. The third-order valence-electron chi connectivity index (χ3n) is 11.7. The molecule has 1 aliphatic heterocycles. The van der Waals surface area contributed by atoms with Crippen LogP contribution in [0.4, 0.5) is 0 Å². The molecule has 1 heterocycles. The average molecular weight is 786 g/mol. The molecular formula is C46H91NO8. The molecule has 0 saturated carbocycles. The number of amides is 1. The van der Waals surface area contributed by atoms with E-state index in [1.807, 2.05) is 0 Å². The molecule has 7 unspecified atom stereocenters. The number of aliphatic hydroxyl groups excluding tert-OH is 5. The summed E-state index contributed by atoms with van der Waals surface area (Å²) in [5.74, 6) is -0.140. The Balaban J connectivity index is 2.29. The average Bonchev–Trinajstić information content (AvgIpc) is 3.18. The predicted octanol–water partition coefficient (Wildman–Crippen LogP) is 9.95. The van der Waals surface area contributed by atoms with Crippen molar-refractivity contribution in [1.29, 1.82) is 0 Å². The van der Waals surface area contributed by atoms with Gasteiger partial charge in [0.05, 0.1) is 25.4 Å². The van der Waals surface area contributed by atoms with Crippen LogP contribution >= 0.6 is 0 Å². The van der Waals surface area contributed by atoms with Crippen LogP contribution in [0.1, 0.15) is 232 Å². The Morgan fingerprint density at radius 1 is 0.545 bits per heavy atom. The number of carbonyl (C=O) groups is 1. The number of nitrogens with one attached hydrogen (secondary N) is 1. The Morgan fingerprint density at radius 3 is 1.29 bits per heavy atom. The second-order valence-corrected chi connectivity index (χ2v) is 16.9. The molecule has 0 aromatic rings. The summed E-state index contributed by atoms with van der Waals surface area (Å²) in [6, 6.07) is -0.711. The normalized spacial score (nSPS) is 21.2. The predicted molar refractivity (Wildman–Crippen MR) is 226 cm³/mol. The molecule has 0 spiro atoms. The molecule has 328 valence electrons. The van der Waals surface area contributed by atoms with Gasteiger partial charge in [0.15, 0.2) is 6.29 Å². The maximum atomic E-state index is 13.0. The summed E-state index contributed by atoms with van der Waals surface area (Å²) in [6.07, 6.45) is 33.9. The molecule has 1 rings (SSSR count). The minimum atomic E-state index is -1.55. The topological polar surface area (TPSA) is 149 Å². The summed E-state index contributed by atoms with van der Waals surface area (Å²) in [6.45, 7) is 3.85. The van der Waals surface area contributed by atoms with Crippen LogP contribution in [-0.2, 0) is 14.3 Å². The third-order valence-corrected chi connectivity index (χ3v) is 11.7. The molecule has 7 atom stereocenters. The molecule has 1 amide bonds. The van der Waals surface area contributed by atoms with E-state index in [0.29, 0.717) is 12.8 Å². The zero-order chi connectivity index (χ0) is 40.2. The summed E-state index contributed by atoms with van der Waals surface area (Å²) in [5.41, 5.74) is 0. The van der Waals surface area contributed by atoms with Gasteiger partial charge in [0.1, 0.15) is 24.4 Å². The number of carbonyl (C=O) groups excluding carboxylic acids is 1. The maximum absolute atomic E-state index is 13.0. The van der Waals surface area contributed by atoms with E-state index in [4.69, 9.17) is 9.47 Å². The lowest BCUT2D eigenvalue weighted by molar-refractivity contribution is -0.302. The number of hydrogen-bond acceptors (Lipinski definition) is 8. The molecule has 1 saturated heterocycles. The van der Waals surface area contributed by atoms with Crippen molar-refractivity contribution in [2.24, 2.45) is 0 Å². The fourth-order valence-electron chi connectivity index (χ4n) is 7.87. The minimum Gasteiger partial charge on any atom is -0.394 e. The van der Waals surface area contributed by atoms with Gasteiger partial charge in [-0.2, -0.15) is 0 Å². The SMILES string of the molecule is CCCCCCCCCCCCCCCCCCCCC(=O)NC(COC1OC(CO)C(O)C(O)C1O)C(O)CCCCCCCCCCCCCCCC. The second kappa shape index (κ2) is 37.5. The highest BCUT2D eigenvalue weighted by Gasteiger charge is 2.44. The van der Waals surface area contributed by atoms with Crippen LogP contribution < -0.4 is 5.32 Å². The van der Waals surface area contributed by atoms with Crippen LogP contribution in [0.25, 0.3) is 0 Å². The van der Waals surface area contributed by atoms with Gasteiger partial charge in [-0.1, -0.05) is 213 Å². The highest BCUT2D eigenvalue weighted by molar-refractivity contribution is 5.76. The van der Waals surface area contributed by atoms with E-state index in [1.165, 1.54) is 167 Å². The fraction of sp³-hybridized carbons (Fsp3) is 0.978. The molecule has 9 heteroatoms. The van der Waals surface area contributed by atoms with Gasteiger partial charge in [0.2, 0.25) is 5.91 Å². The van der Waals surface area contributed by atoms with Crippen molar-refractivity contribution in [1.82, 2.24) is 5.32 Å². The molecule has 6 N–H and O–H groups in total. The lowest BCUT2D eigenvalue weighted by atomic mass is 9.99. The van der Waals surface area contributed by atoms with E-state index < -0.39 is 49.5 Å². The van der Waals surface area contributed by atoms with Crippen molar-refractivity contribution in [2.45, 2.75) is 275 Å². The zero-order valence-corrected chi connectivity index (χ0v) is 36.0. The number of rotatable bonds is 40. The van der Waals surface area contributed by atoms with Gasteiger partial charge in [0.25, 0.3) is 0 Å². The van der Waals surface area contributed by atoms with Crippen molar-refractivity contribution in [3.05, 3.63) is 0 Å². The Kier molecular flexibility index (Phi) is 35.6. The molecular weight excluding hydrogens is 695 g/mol. The van der Waals surface area contributed by atoms with Crippen molar-refractivity contribution < 1.29 is 39.8 Å². The lowest BCUT2D eigenvalue weighted by Gasteiger charge is -2.40. The van der Waals surface area contributed by atoms with E-state index in [1.54, 1.807) is 0 Å². The fourth-order valence-corrected chi connectivity index (χ4v) is 7.87. The van der Waals surface area contributed by atoms with Crippen LogP contribution in [0.2, 0.25) is 0 Å². The first-order valence-electron chi connectivity index (χ1n) is 23.7. The van der Waals surface area contributed by atoms with Gasteiger partial charge < -0.3 is 40.3 Å². The first-order chi connectivity index (χ1) is 26.8. The van der Waals surface area contributed by atoms with Crippen molar-refractivity contribution in [3.8, 4) is 0 Å². The summed E-state index contributed by atoms with van der Waals surface area (Å²) < 4.78 is 11.3. The van der Waals surface area contributed by atoms with Gasteiger partial charge in [-0.15, -0.1) is 0 Å². The summed E-state index contributed by atoms with van der Waals surface area (Å²) in [4.78, 5) is 13.0. The molecule has 0 bridgehead atoms. The van der Waals surface area contributed by atoms with Gasteiger partial charge in [0, 0.05) is 6.42 Å². The van der Waals surface area contributed by atoms with Crippen LogP contribution in [0, 0.1) is 0 Å². The van der Waals surface area contributed by atoms with Crippen molar-refractivity contribution in [3.63, 3.8) is 0 Å². The van der Waals surface area contributed by atoms with Crippen LogP contribution in [0.15, 0.2) is 0 Å². The number of aliphatic hydroxyl groups is 5. The lowest BCUT2D eigenvalue weighted by Crippen LogP contribution is -2.60. The van der Waals surface area contributed by atoms with Gasteiger partial charge in [-0.3, -0.25) is 4.79 Å². The number of ether oxygens (including phenoxy) is 2. The molecule has 0 aliphatic carbocycles. The van der Waals surface area contributed by atoms with Crippen LogP contribution in [-0.4, -0.2) is 87.5 Å². The first-order valence-corrected chi connectivity index (χ1v) is 23.7. The Labute approximate surface area is 338 Å². The molecule has 0 radical (unpaired) electrons. The van der Waals surface area contributed by atoms with E-state index in [0.717, 1.165) is 38.5 Å². The third kappa shape index (κ3) is 28.3. The van der Waals surface area contributed by atoms with Crippen molar-refractivity contribution in [2.75, 3.05) is 13.2 Å². The number of hydrogen-bond donors (Lipinski definition) is 6. The molecule has 55 heavy (non-hydrogen) atoms. The smallest absolute Gasteiger partial charge is 0.220 e. The Bertz CT molecular complexity index is 832. The van der Waals surface area contributed by atoms with E-state index in [9.17, 15) is 30.3 Å². The first kappa shape index (κ1) is 52.2. The maximum Gasteiger partial charge on any atom is 0.220 e. The van der Waals surface area contributed by atoms with E-state index in [-0.39, 0.29) is 12.5 Å². The number of unbranched alkanes of at least 4 members (excludes halogenated alkanes) is 30. The van der Waals surface area contributed by atoms with Gasteiger partial charge >= 0.3 is 0 Å². The van der Waals surface area contributed by atoms with Crippen LogP contribution in [0.5, 0.6) is 0 Å². The molecule has 0 aromatic heterocycles. The Morgan fingerprint density at radius 2 is 0.909 bits per heavy atom. The summed E-state index contributed by atoms with van der Waals surface area (Å²) >= 11 is 0. The molecule has 0 aromatic carbocycles. The summed E-state index contributed by atoms with van der Waals surface area (Å²) in [7, 11) is 0. The highest BCUT2D eigenvalue weighted by atomic mass is 16.7. The summed E-state index contributed by atoms with van der Waals surface area (Å²) in [5, 5.41) is 54.4. The monoisotopic (exact) mass is 786 g/mol. The second-order valence-electron chi connectivity index (χ2n) is 16.9. The standard InChI is InChI=1S/C46H91NO8/c1-3-5-7-9-11-13-15-17-19-20-21-22-24-26-28-30-32-34-36-42(50)47-39(38-54-46-45(53)44(52)43(51)41(37-48)55-46)40(49)35-33-31-29-27-25-23-18-16-14-12-10-8-6-4-2/h39-41,43-46,48-49,51-53H,3-38H2,1-2H3,(H,47,50). The zero-order valence-electron chi connectivity index (χ0n) is 36.0. The molecule has 9 nitrogen and oxygen atoms in total.